The van der Waals surface area contributed by atoms with E-state index in [1.165, 1.54) is 49.0 Å². The van der Waals surface area contributed by atoms with Gasteiger partial charge < -0.3 is 9.84 Å². The highest BCUT2D eigenvalue weighted by atomic mass is 19.1. The summed E-state index contributed by atoms with van der Waals surface area (Å²) in [4.78, 5) is 2.49. The number of hydrogen-bond donors (Lipinski definition) is 1. The van der Waals surface area contributed by atoms with Crippen LogP contribution in [0.25, 0.3) is 0 Å². The van der Waals surface area contributed by atoms with Crippen LogP contribution < -0.4 is 4.74 Å². The monoisotopic (exact) mass is 445 g/mol. The largest absolute Gasteiger partial charge is 0.508 e. The normalized spacial score (nSPS) is 20.9. The maximum absolute atomic E-state index is 13.6. The highest BCUT2D eigenvalue weighted by Crippen LogP contribution is 2.47. The molecule has 0 radical (unpaired) electrons. The molecule has 3 aromatic carbocycles. The number of hydrogen-bond acceptors (Lipinski definition) is 3. The molecule has 33 heavy (non-hydrogen) atoms. The van der Waals surface area contributed by atoms with Crippen molar-refractivity contribution in [1.82, 2.24) is 4.90 Å². The Morgan fingerprint density at radius 2 is 1.61 bits per heavy atom. The molecule has 0 bridgehead atoms. The van der Waals surface area contributed by atoms with E-state index in [2.05, 4.69) is 29.2 Å². The van der Waals surface area contributed by atoms with Gasteiger partial charge in [0.25, 0.3) is 0 Å². The number of nitrogens with zero attached hydrogens (tertiary/aromatic N) is 1. The number of phenolic OH excluding ortho intramolecular Hbond substituents is 1. The third kappa shape index (κ3) is 5.06. The summed E-state index contributed by atoms with van der Waals surface area (Å²) in [5, 5.41) is 10.0. The quantitative estimate of drug-likeness (QED) is 0.486. The van der Waals surface area contributed by atoms with Crippen molar-refractivity contribution in [1.29, 1.82) is 0 Å². The van der Waals surface area contributed by atoms with Gasteiger partial charge in [-0.05, 0) is 103 Å². The number of phenols is 1. The van der Waals surface area contributed by atoms with E-state index in [0.29, 0.717) is 12.4 Å². The Hall–Kier alpha value is -2.85. The van der Waals surface area contributed by atoms with Crippen LogP contribution >= 0.6 is 0 Å². The number of aryl methyl sites for hydroxylation is 1. The van der Waals surface area contributed by atoms with Crippen molar-refractivity contribution in [3.05, 3.63) is 94.8 Å². The van der Waals surface area contributed by atoms with Gasteiger partial charge in [-0.1, -0.05) is 36.8 Å². The number of piperidine rings is 1. The van der Waals surface area contributed by atoms with Crippen LogP contribution in [-0.2, 0) is 6.42 Å². The second-order valence-corrected chi connectivity index (χ2v) is 9.38. The average Bonchev–Trinajstić information content (AvgIpc) is 2.85. The second kappa shape index (κ2) is 9.96. The Morgan fingerprint density at radius 1 is 0.879 bits per heavy atom. The molecule has 172 valence electrons. The maximum atomic E-state index is 13.6. The Balaban J connectivity index is 1.36. The molecule has 2 atom stereocenters. The molecule has 0 amide bonds. The molecule has 1 heterocycles. The summed E-state index contributed by atoms with van der Waals surface area (Å²) in [6.07, 6.45) is 5.80. The van der Waals surface area contributed by atoms with Crippen molar-refractivity contribution >= 4 is 0 Å². The lowest BCUT2D eigenvalue weighted by atomic mass is 9.69. The summed E-state index contributed by atoms with van der Waals surface area (Å²) >= 11 is 0. The standard InChI is InChI=1S/C29H32FNO2/c30-24-9-4-21(5-10-24)27-14-8-23-20-25(32)11-15-28(23)29(27)22-6-12-26(13-7-22)33-19-18-31-16-2-1-3-17-31/h4-7,9-13,15,20,27,29,32H,1-3,8,14,16-19H2/t27-,29+/m0/s1. The molecular weight excluding hydrogens is 413 g/mol. The van der Waals surface area contributed by atoms with Crippen molar-refractivity contribution in [3.63, 3.8) is 0 Å². The van der Waals surface area contributed by atoms with Crippen molar-refractivity contribution in [2.75, 3.05) is 26.2 Å². The molecule has 3 aromatic rings. The van der Waals surface area contributed by atoms with Crippen molar-refractivity contribution < 1.29 is 14.2 Å². The fourth-order valence-corrected chi connectivity index (χ4v) is 5.53. The molecule has 2 aliphatic rings. The number of benzene rings is 3. The first kappa shape index (κ1) is 22.0. The van der Waals surface area contributed by atoms with Crippen LogP contribution in [0.4, 0.5) is 4.39 Å². The molecule has 5 rings (SSSR count). The molecule has 0 saturated carbocycles. The Morgan fingerprint density at radius 3 is 2.36 bits per heavy atom. The lowest BCUT2D eigenvalue weighted by Gasteiger charge is -2.35. The molecule has 1 saturated heterocycles. The first-order valence-electron chi connectivity index (χ1n) is 12.2. The zero-order valence-electron chi connectivity index (χ0n) is 19.1. The molecule has 0 aromatic heterocycles. The third-order valence-corrected chi connectivity index (χ3v) is 7.25. The highest BCUT2D eigenvalue weighted by Gasteiger charge is 2.32. The van der Waals surface area contributed by atoms with E-state index in [-0.39, 0.29) is 17.7 Å². The van der Waals surface area contributed by atoms with Crippen LogP contribution in [0.2, 0.25) is 0 Å². The molecule has 4 heteroatoms. The number of rotatable bonds is 6. The SMILES string of the molecule is Oc1ccc2c(c1)CC[C@@H](c1ccc(F)cc1)[C@H]2c1ccc(OCCN2CCCCC2)cc1. The van der Waals surface area contributed by atoms with Gasteiger partial charge in [-0.3, -0.25) is 4.90 Å². The van der Waals surface area contributed by atoms with Crippen molar-refractivity contribution in [3.8, 4) is 11.5 Å². The summed E-state index contributed by atoms with van der Waals surface area (Å²) in [6.45, 7) is 4.06. The fraction of sp³-hybridized carbons (Fsp3) is 0.379. The zero-order valence-corrected chi connectivity index (χ0v) is 19.1. The Kier molecular flexibility index (Phi) is 6.63. The van der Waals surface area contributed by atoms with E-state index < -0.39 is 0 Å². The first-order valence-corrected chi connectivity index (χ1v) is 12.2. The van der Waals surface area contributed by atoms with E-state index in [9.17, 15) is 9.50 Å². The van der Waals surface area contributed by atoms with Crippen LogP contribution in [0.15, 0.2) is 66.7 Å². The number of halogens is 1. The molecular formula is C29H32FNO2. The van der Waals surface area contributed by atoms with Crippen LogP contribution in [0, 0.1) is 5.82 Å². The minimum atomic E-state index is -0.206. The molecule has 1 fully saturated rings. The maximum Gasteiger partial charge on any atom is 0.123 e. The van der Waals surface area contributed by atoms with Gasteiger partial charge in [-0.2, -0.15) is 0 Å². The lowest BCUT2D eigenvalue weighted by molar-refractivity contribution is 0.183. The number of likely N-dealkylation sites (tertiary alicyclic amines) is 1. The molecule has 1 aliphatic carbocycles. The molecule has 3 nitrogen and oxygen atoms in total. The minimum Gasteiger partial charge on any atom is -0.508 e. The van der Waals surface area contributed by atoms with E-state index in [1.807, 2.05) is 24.3 Å². The van der Waals surface area contributed by atoms with Gasteiger partial charge in [0.1, 0.15) is 23.9 Å². The van der Waals surface area contributed by atoms with E-state index in [0.717, 1.165) is 30.7 Å². The van der Waals surface area contributed by atoms with Gasteiger partial charge in [-0.15, -0.1) is 0 Å². The summed E-state index contributed by atoms with van der Waals surface area (Å²) in [5.41, 5.74) is 4.81. The predicted molar refractivity (Wildman–Crippen MR) is 130 cm³/mol. The Labute approximate surface area is 195 Å². The lowest BCUT2D eigenvalue weighted by Crippen LogP contribution is -2.33. The summed E-state index contributed by atoms with van der Waals surface area (Å²) in [5.74, 6) is 1.42. The van der Waals surface area contributed by atoms with Gasteiger partial charge in [0, 0.05) is 12.5 Å². The second-order valence-electron chi connectivity index (χ2n) is 9.38. The summed E-state index contributed by atoms with van der Waals surface area (Å²) in [6, 6.07) is 21.1. The highest BCUT2D eigenvalue weighted by molar-refractivity contribution is 5.48. The summed E-state index contributed by atoms with van der Waals surface area (Å²) in [7, 11) is 0. The van der Waals surface area contributed by atoms with Crippen LogP contribution in [0.1, 0.15) is 59.8 Å². The number of ether oxygens (including phenoxy) is 1. The van der Waals surface area contributed by atoms with Crippen LogP contribution in [0.3, 0.4) is 0 Å². The van der Waals surface area contributed by atoms with Gasteiger partial charge >= 0.3 is 0 Å². The van der Waals surface area contributed by atoms with E-state index in [1.54, 1.807) is 18.2 Å². The van der Waals surface area contributed by atoms with Gasteiger partial charge in [0.05, 0.1) is 0 Å². The van der Waals surface area contributed by atoms with Gasteiger partial charge in [0.15, 0.2) is 0 Å². The predicted octanol–water partition coefficient (Wildman–Crippen LogP) is 6.26. The van der Waals surface area contributed by atoms with Gasteiger partial charge in [0.2, 0.25) is 0 Å². The molecule has 0 unspecified atom stereocenters. The van der Waals surface area contributed by atoms with Crippen molar-refractivity contribution in [2.45, 2.75) is 43.9 Å². The molecule has 0 spiro atoms. The van der Waals surface area contributed by atoms with E-state index in [4.69, 9.17) is 4.74 Å². The van der Waals surface area contributed by atoms with Crippen LogP contribution in [0.5, 0.6) is 11.5 Å². The van der Waals surface area contributed by atoms with Crippen molar-refractivity contribution in [2.24, 2.45) is 0 Å². The number of aromatic hydroxyl groups is 1. The minimum absolute atomic E-state index is 0.155. The van der Waals surface area contributed by atoms with Crippen LogP contribution in [-0.4, -0.2) is 36.2 Å². The average molecular weight is 446 g/mol. The van der Waals surface area contributed by atoms with E-state index >= 15 is 0 Å². The third-order valence-electron chi connectivity index (χ3n) is 7.25. The first-order chi connectivity index (χ1) is 16.2. The molecule has 1 aliphatic heterocycles. The van der Waals surface area contributed by atoms with Gasteiger partial charge in [-0.25, -0.2) is 4.39 Å². The topological polar surface area (TPSA) is 32.7 Å². The number of fused-ring (bicyclic) bond motifs is 1. The zero-order chi connectivity index (χ0) is 22.6. The smallest absolute Gasteiger partial charge is 0.123 e. The summed E-state index contributed by atoms with van der Waals surface area (Å²) < 4.78 is 19.6. The fourth-order valence-electron chi connectivity index (χ4n) is 5.53. The Bertz CT molecular complexity index is 1060. The molecule has 1 N–H and O–H groups in total.